The molecule has 7 heteroatoms. The van der Waals surface area contributed by atoms with Gasteiger partial charge < -0.3 is 11.1 Å². The second-order valence-corrected chi connectivity index (χ2v) is 4.91. The van der Waals surface area contributed by atoms with Crippen molar-refractivity contribution < 1.29 is 9.18 Å². The highest BCUT2D eigenvalue weighted by Gasteiger charge is 2.12. The van der Waals surface area contributed by atoms with Gasteiger partial charge in [-0.1, -0.05) is 23.2 Å². The van der Waals surface area contributed by atoms with E-state index in [0.717, 1.165) is 6.07 Å². The molecular weight excluding hydrogens is 316 g/mol. The van der Waals surface area contributed by atoms with E-state index in [2.05, 4.69) is 5.32 Å². The number of nitrogen functional groups attached to an aromatic ring is 1. The molecule has 2 aromatic carbocycles. The van der Waals surface area contributed by atoms with Crippen molar-refractivity contribution in [3.8, 4) is 6.07 Å². The van der Waals surface area contributed by atoms with Crippen LogP contribution in [-0.2, 0) is 0 Å². The van der Waals surface area contributed by atoms with Gasteiger partial charge in [0.2, 0.25) is 0 Å². The van der Waals surface area contributed by atoms with E-state index in [4.69, 9.17) is 34.2 Å². The maximum absolute atomic E-state index is 13.2. The van der Waals surface area contributed by atoms with Crippen molar-refractivity contribution in [1.29, 1.82) is 5.26 Å². The summed E-state index contributed by atoms with van der Waals surface area (Å²) in [6, 6.07) is 8.10. The first-order valence-corrected chi connectivity index (χ1v) is 6.43. The summed E-state index contributed by atoms with van der Waals surface area (Å²) in [5.41, 5.74) is 6.12. The highest BCUT2D eigenvalue weighted by atomic mass is 35.5. The Morgan fingerprint density at radius 3 is 2.62 bits per heavy atom. The summed E-state index contributed by atoms with van der Waals surface area (Å²) in [6.07, 6.45) is 0. The SMILES string of the molecule is N#Cc1cc(NC(=O)c2cc(N)c(Cl)c(Cl)c2)ccc1F. The number of carbonyl (C=O) groups is 1. The minimum Gasteiger partial charge on any atom is -0.397 e. The van der Waals surface area contributed by atoms with Gasteiger partial charge in [0.05, 0.1) is 21.3 Å². The zero-order valence-electron chi connectivity index (χ0n) is 10.5. The third-order valence-corrected chi connectivity index (χ3v) is 3.48. The lowest BCUT2D eigenvalue weighted by Crippen LogP contribution is -2.12. The van der Waals surface area contributed by atoms with Crippen LogP contribution in [-0.4, -0.2) is 5.91 Å². The summed E-state index contributed by atoms with van der Waals surface area (Å²) < 4.78 is 13.2. The van der Waals surface area contributed by atoms with Gasteiger partial charge >= 0.3 is 0 Å². The van der Waals surface area contributed by atoms with Gasteiger partial charge in [-0.05, 0) is 30.3 Å². The molecule has 0 aromatic heterocycles. The highest BCUT2D eigenvalue weighted by Crippen LogP contribution is 2.29. The fraction of sp³-hybridized carbons (Fsp3) is 0. The van der Waals surface area contributed by atoms with Gasteiger partial charge in [-0.15, -0.1) is 0 Å². The van der Waals surface area contributed by atoms with Crippen molar-refractivity contribution in [3.05, 3.63) is 57.3 Å². The summed E-state index contributed by atoms with van der Waals surface area (Å²) in [6.45, 7) is 0. The largest absolute Gasteiger partial charge is 0.397 e. The molecule has 106 valence electrons. The fourth-order valence-corrected chi connectivity index (χ4v) is 1.97. The second-order valence-electron chi connectivity index (χ2n) is 4.12. The molecule has 0 unspecified atom stereocenters. The minimum atomic E-state index is -0.658. The summed E-state index contributed by atoms with van der Waals surface area (Å²) >= 11 is 11.7. The Kier molecular flexibility index (Phi) is 4.32. The molecule has 0 aliphatic rings. The third kappa shape index (κ3) is 3.24. The van der Waals surface area contributed by atoms with Crippen LogP contribution in [0, 0.1) is 17.1 Å². The summed E-state index contributed by atoms with van der Waals surface area (Å²) in [5, 5.41) is 11.6. The monoisotopic (exact) mass is 323 g/mol. The molecule has 2 rings (SSSR count). The predicted octanol–water partition coefficient (Wildman–Crippen LogP) is 3.84. The van der Waals surface area contributed by atoms with Gasteiger partial charge in [-0.2, -0.15) is 5.26 Å². The van der Waals surface area contributed by atoms with Crippen molar-refractivity contribution in [2.24, 2.45) is 0 Å². The molecule has 0 bridgehead atoms. The molecule has 21 heavy (non-hydrogen) atoms. The number of hydrogen-bond acceptors (Lipinski definition) is 3. The molecule has 0 radical (unpaired) electrons. The number of nitrogens with two attached hydrogens (primary N) is 1. The number of nitrogens with zero attached hydrogens (tertiary/aromatic N) is 1. The Balaban J connectivity index is 2.28. The van der Waals surface area contributed by atoms with E-state index in [-0.39, 0.29) is 32.5 Å². The molecule has 2 aromatic rings. The molecule has 4 nitrogen and oxygen atoms in total. The van der Waals surface area contributed by atoms with Crippen molar-refractivity contribution in [2.75, 3.05) is 11.1 Å². The average Bonchev–Trinajstić information content (AvgIpc) is 2.46. The molecule has 0 spiro atoms. The van der Waals surface area contributed by atoms with E-state index in [1.54, 1.807) is 6.07 Å². The van der Waals surface area contributed by atoms with E-state index in [9.17, 15) is 9.18 Å². The lowest BCUT2D eigenvalue weighted by Gasteiger charge is -2.08. The van der Waals surface area contributed by atoms with Gasteiger partial charge in [0.15, 0.2) is 0 Å². The van der Waals surface area contributed by atoms with Gasteiger partial charge in [0.1, 0.15) is 11.9 Å². The normalized spacial score (nSPS) is 10.0. The number of nitriles is 1. The van der Waals surface area contributed by atoms with Crippen molar-refractivity contribution in [2.45, 2.75) is 0 Å². The zero-order valence-corrected chi connectivity index (χ0v) is 12.0. The lowest BCUT2D eigenvalue weighted by atomic mass is 10.1. The number of amides is 1. The first-order chi connectivity index (χ1) is 9.92. The molecule has 0 aliphatic carbocycles. The number of carbonyl (C=O) groups excluding carboxylic acids is 1. The van der Waals surface area contributed by atoms with Crippen LogP contribution in [0.3, 0.4) is 0 Å². The Morgan fingerprint density at radius 2 is 2.00 bits per heavy atom. The molecule has 0 aliphatic heterocycles. The molecule has 0 saturated heterocycles. The predicted molar refractivity (Wildman–Crippen MR) is 79.9 cm³/mol. The highest BCUT2D eigenvalue weighted by molar-refractivity contribution is 6.44. The second kappa shape index (κ2) is 6.00. The van der Waals surface area contributed by atoms with Crippen LogP contribution in [0.2, 0.25) is 10.0 Å². The summed E-state index contributed by atoms with van der Waals surface area (Å²) in [7, 11) is 0. The van der Waals surface area contributed by atoms with Crippen LogP contribution >= 0.6 is 23.2 Å². The first kappa shape index (κ1) is 15.1. The average molecular weight is 324 g/mol. The first-order valence-electron chi connectivity index (χ1n) is 5.68. The Labute approximate surface area is 129 Å². The lowest BCUT2D eigenvalue weighted by molar-refractivity contribution is 0.102. The van der Waals surface area contributed by atoms with Crippen LogP contribution in [0.25, 0.3) is 0 Å². The van der Waals surface area contributed by atoms with Crippen LogP contribution in [0.5, 0.6) is 0 Å². The smallest absolute Gasteiger partial charge is 0.255 e. The number of benzene rings is 2. The molecule has 0 saturated carbocycles. The number of halogens is 3. The summed E-state index contributed by atoms with van der Waals surface area (Å²) in [5.74, 6) is -1.16. The Bertz CT molecular complexity index is 748. The Morgan fingerprint density at radius 1 is 1.29 bits per heavy atom. The molecule has 3 N–H and O–H groups in total. The van der Waals surface area contributed by atoms with E-state index in [0.29, 0.717) is 0 Å². The third-order valence-electron chi connectivity index (χ3n) is 2.66. The van der Waals surface area contributed by atoms with Gasteiger partial charge in [0.25, 0.3) is 5.91 Å². The van der Waals surface area contributed by atoms with Crippen LogP contribution < -0.4 is 11.1 Å². The molecule has 0 fully saturated rings. The maximum atomic E-state index is 13.2. The molecule has 1 amide bonds. The number of anilines is 2. The fourth-order valence-electron chi connectivity index (χ4n) is 1.63. The van der Waals surface area contributed by atoms with E-state index >= 15 is 0 Å². The van der Waals surface area contributed by atoms with Crippen LogP contribution in [0.1, 0.15) is 15.9 Å². The maximum Gasteiger partial charge on any atom is 0.255 e. The van der Waals surface area contributed by atoms with Gasteiger partial charge in [-0.25, -0.2) is 4.39 Å². The zero-order chi connectivity index (χ0) is 15.6. The Hall–Kier alpha value is -2.29. The molecule has 0 heterocycles. The van der Waals surface area contributed by atoms with E-state index < -0.39 is 11.7 Å². The number of nitrogens with one attached hydrogen (secondary N) is 1. The van der Waals surface area contributed by atoms with E-state index in [1.807, 2.05) is 0 Å². The van der Waals surface area contributed by atoms with Crippen LogP contribution in [0.15, 0.2) is 30.3 Å². The minimum absolute atomic E-state index is 0.152. The van der Waals surface area contributed by atoms with Gasteiger partial charge in [-0.3, -0.25) is 4.79 Å². The van der Waals surface area contributed by atoms with Gasteiger partial charge in [0, 0.05) is 11.3 Å². The number of rotatable bonds is 2. The van der Waals surface area contributed by atoms with Crippen molar-refractivity contribution >= 4 is 40.5 Å². The van der Waals surface area contributed by atoms with Crippen molar-refractivity contribution in [1.82, 2.24) is 0 Å². The van der Waals surface area contributed by atoms with E-state index in [1.165, 1.54) is 24.3 Å². The molecule has 0 atom stereocenters. The topological polar surface area (TPSA) is 78.9 Å². The molecular formula is C14H8Cl2FN3O. The van der Waals surface area contributed by atoms with Crippen molar-refractivity contribution in [3.63, 3.8) is 0 Å². The number of hydrogen-bond donors (Lipinski definition) is 2. The quantitative estimate of drug-likeness (QED) is 0.824. The standard InChI is InChI=1S/C14H8Cl2FN3O/c15-10-4-7(5-12(19)13(10)16)14(21)20-9-1-2-11(17)8(3-9)6-18/h1-5H,19H2,(H,20,21). The summed E-state index contributed by atoms with van der Waals surface area (Å²) in [4.78, 5) is 12.1. The van der Waals surface area contributed by atoms with Crippen LogP contribution in [0.4, 0.5) is 15.8 Å².